The molecular weight excluding hydrogens is 421 g/mol. The SMILES string of the molecule is COc1ccc(-n2nc(C)c(CCC(=O)Nc3ccccc3)c2Oc2ccccc2F)cc1. The number of aromatic nitrogens is 2. The Hall–Kier alpha value is -4.13. The molecule has 0 bridgehead atoms. The highest BCUT2D eigenvalue weighted by Gasteiger charge is 2.21. The topological polar surface area (TPSA) is 65.4 Å². The molecule has 0 aliphatic carbocycles. The summed E-state index contributed by atoms with van der Waals surface area (Å²) in [5, 5.41) is 7.50. The second-order valence-electron chi connectivity index (χ2n) is 7.43. The zero-order valence-electron chi connectivity index (χ0n) is 18.4. The van der Waals surface area contributed by atoms with Crippen LogP contribution in [0.3, 0.4) is 0 Å². The summed E-state index contributed by atoms with van der Waals surface area (Å²) in [5.74, 6) is 0.550. The summed E-state index contributed by atoms with van der Waals surface area (Å²) in [5.41, 5.74) is 2.89. The second kappa shape index (κ2) is 9.99. The van der Waals surface area contributed by atoms with Crippen molar-refractivity contribution in [3.05, 3.63) is 95.9 Å². The van der Waals surface area contributed by atoms with Gasteiger partial charge in [-0.1, -0.05) is 30.3 Å². The van der Waals surface area contributed by atoms with Gasteiger partial charge in [0.1, 0.15) is 5.75 Å². The number of rotatable bonds is 8. The Bertz CT molecular complexity index is 1240. The van der Waals surface area contributed by atoms with Gasteiger partial charge >= 0.3 is 0 Å². The maximum absolute atomic E-state index is 14.4. The summed E-state index contributed by atoms with van der Waals surface area (Å²) >= 11 is 0. The van der Waals surface area contributed by atoms with E-state index in [1.54, 1.807) is 30.0 Å². The van der Waals surface area contributed by atoms with Crippen LogP contribution in [0.5, 0.6) is 17.4 Å². The van der Waals surface area contributed by atoms with E-state index >= 15 is 0 Å². The third-order valence-electron chi connectivity index (χ3n) is 5.16. The van der Waals surface area contributed by atoms with Crippen LogP contribution in [0, 0.1) is 12.7 Å². The van der Waals surface area contributed by atoms with Crippen molar-refractivity contribution >= 4 is 11.6 Å². The first-order valence-electron chi connectivity index (χ1n) is 10.6. The number of carbonyl (C=O) groups excluding carboxylic acids is 1. The maximum Gasteiger partial charge on any atom is 0.226 e. The second-order valence-corrected chi connectivity index (χ2v) is 7.43. The van der Waals surface area contributed by atoms with Crippen molar-refractivity contribution in [3.63, 3.8) is 0 Å². The van der Waals surface area contributed by atoms with Crippen LogP contribution in [0.2, 0.25) is 0 Å². The number of nitrogens with zero attached hydrogens (tertiary/aromatic N) is 2. The zero-order valence-corrected chi connectivity index (χ0v) is 18.4. The summed E-state index contributed by atoms with van der Waals surface area (Å²) < 4.78 is 27.2. The summed E-state index contributed by atoms with van der Waals surface area (Å²) in [6, 6.07) is 22.8. The Kier molecular flexibility index (Phi) is 6.69. The molecule has 3 aromatic carbocycles. The predicted molar refractivity (Wildman–Crippen MR) is 125 cm³/mol. The van der Waals surface area contributed by atoms with Crippen LogP contribution in [0.1, 0.15) is 17.7 Å². The predicted octanol–water partition coefficient (Wildman–Crippen LogP) is 5.69. The molecule has 0 unspecified atom stereocenters. The van der Waals surface area contributed by atoms with Crippen molar-refractivity contribution in [1.29, 1.82) is 0 Å². The van der Waals surface area contributed by atoms with Gasteiger partial charge in [0.25, 0.3) is 0 Å². The minimum atomic E-state index is -0.481. The van der Waals surface area contributed by atoms with Crippen molar-refractivity contribution in [3.8, 4) is 23.1 Å². The van der Waals surface area contributed by atoms with Gasteiger partial charge < -0.3 is 14.8 Å². The number of aryl methyl sites for hydroxylation is 1. The van der Waals surface area contributed by atoms with E-state index in [4.69, 9.17) is 9.47 Å². The molecule has 0 fully saturated rings. The first kappa shape index (κ1) is 22.1. The molecule has 33 heavy (non-hydrogen) atoms. The lowest BCUT2D eigenvalue weighted by Crippen LogP contribution is -2.12. The number of amides is 1. The molecule has 1 heterocycles. The molecule has 0 spiro atoms. The lowest BCUT2D eigenvalue weighted by molar-refractivity contribution is -0.116. The molecule has 0 saturated heterocycles. The molecule has 0 aliphatic rings. The Balaban J connectivity index is 1.64. The number of nitrogens with one attached hydrogen (secondary N) is 1. The van der Waals surface area contributed by atoms with Gasteiger partial charge in [-0.25, -0.2) is 9.07 Å². The quantitative estimate of drug-likeness (QED) is 0.378. The van der Waals surface area contributed by atoms with Crippen LogP contribution >= 0.6 is 0 Å². The number of benzene rings is 3. The summed E-state index contributed by atoms with van der Waals surface area (Å²) in [6.07, 6.45) is 0.599. The van der Waals surface area contributed by atoms with E-state index in [0.717, 1.165) is 16.9 Å². The molecular formula is C26H24FN3O3. The molecule has 1 aromatic heterocycles. The van der Waals surface area contributed by atoms with Gasteiger partial charge in [0.05, 0.1) is 18.5 Å². The first-order valence-corrected chi connectivity index (χ1v) is 10.6. The number of carbonyl (C=O) groups is 1. The largest absolute Gasteiger partial charge is 0.497 e. The third-order valence-corrected chi connectivity index (χ3v) is 5.16. The lowest BCUT2D eigenvalue weighted by atomic mass is 10.1. The normalized spacial score (nSPS) is 10.6. The molecule has 0 aliphatic heterocycles. The van der Waals surface area contributed by atoms with E-state index in [0.29, 0.717) is 23.7 Å². The van der Waals surface area contributed by atoms with Crippen molar-refractivity contribution in [1.82, 2.24) is 9.78 Å². The Morgan fingerprint density at radius 3 is 2.39 bits per heavy atom. The van der Waals surface area contributed by atoms with Crippen LogP contribution < -0.4 is 14.8 Å². The highest BCUT2D eigenvalue weighted by molar-refractivity contribution is 5.90. The average molecular weight is 445 g/mol. The van der Waals surface area contributed by atoms with E-state index in [1.807, 2.05) is 61.5 Å². The Morgan fingerprint density at radius 1 is 1.00 bits per heavy atom. The fraction of sp³-hybridized carbons (Fsp3) is 0.154. The number of hydrogen-bond donors (Lipinski definition) is 1. The highest BCUT2D eigenvalue weighted by atomic mass is 19.1. The molecule has 4 rings (SSSR count). The fourth-order valence-electron chi connectivity index (χ4n) is 3.44. The number of ether oxygens (including phenoxy) is 2. The van der Waals surface area contributed by atoms with Crippen molar-refractivity contribution in [2.75, 3.05) is 12.4 Å². The number of halogens is 1. The maximum atomic E-state index is 14.4. The smallest absolute Gasteiger partial charge is 0.226 e. The molecule has 0 saturated carbocycles. The van der Waals surface area contributed by atoms with E-state index in [1.165, 1.54) is 6.07 Å². The van der Waals surface area contributed by atoms with Crippen LogP contribution in [0.4, 0.5) is 10.1 Å². The molecule has 1 amide bonds. The first-order chi connectivity index (χ1) is 16.0. The van der Waals surface area contributed by atoms with Crippen LogP contribution in [-0.4, -0.2) is 22.8 Å². The summed E-state index contributed by atoms with van der Waals surface area (Å²) in [6.45, 7) is 1.85. The minimum Gasteiger partial charge on any atom is -0.497 e. The van der Waals surface area contributed by atoms with E-state index in [-0.39, 0.29) is 18.1 Å². The molecule has 7 heteroatoms. The van der Waals surface area contributed by atoms with Crippen LogP contribution in [0.25, 0.3) is 5.69 Å². The van der Waals surface area contributed by atoms with E-state index in [2.05, 4.69) is 10.4 Å². The van der Waals surface area contributed by atoms with Gasteiger partial charge in [0.2, 0.25) is 11.8 Å². The Morgan fingerprint density at radius 2 is 1.70 bits per heavy atom. The highest BCUT2D eigenvalue weighted by Crippen LogP contribution is 2.33. The number of hydrogen-bond acceptors (Lipinski definition) is 4. The van der Waals surface area contributed by atoms with E-state index < -0.39 is 5.82 Å². The molecule has 0 radical (unpaired) electrons. The monoisotopic (exact) mass is 445 g/mol. The molecule has 0 atom stereocenters. The van der Waals surface area contributed by atoms with Crippen LogP contribution in [-0.2, 0) is 11.2 Å². The number of methoxy groups -OCH3 is 1. The van der Waals surface area contributed by atoms with Crippen molar-refractivity contribution in [2.45, 2.75) is 19.8 Å². The van der Waals surface area contributed by atoms with Gasteiger partial charge in [-0.15, -0.1) is 0 Å². The third kappa shape index (κ3) is 5.20. The zero-order chi connectivity index (χ0) is 23.2. The van der Waals surface area contributed by atoms with Crippen molar-refractivity contribution < 1.29 is 18.7 Å². The number of anilines is 1. The fourth-order valence-corrected chi connectivity index (χ4v) is 3.44. The van der Waals surface area contributed by atoms with Gasteiger partial charge in [-0.2, -0.15) is 5.10 Å². The van der Waals surface area contributed by atoms with E-state index in [9.17, 15) is 9.18 Å². The average Bonchev–Trinajstić information content (AvgIpc) is 3.14. The van der Waals surface area contributed by atoms with Gasteiger partial charge in [-0.05, 0) is 61.9 Å². The molecule has 4 aromatic rings. The van der Waals surface area contributed by atoms with Gasteiger partial charge in [0, 0.05) is 17.7 Å². The molecule has 1 N–H and O–H groups in total. The van der Waals surface area contributed by atoms with Gasteiger partial charge in [0.15, 0.2) is 11.6 Å². The summed E-state index contributed by atoms with van der Waals surface area (Å²) in [4.78, 5) is 12.5. The van der Waals surface area contributed by atoms with Crippen LogP contribution in [0.15, 0.2) is 78.9 Å². The minimum absolute atomic E-state index is 0.0853. The standard InChI is InChI=1S/C26H24FN3O3/c1-18-22(16-17-25(31)28-19-8-4-3-5-9-19)26(33-24-11-7-6-10-23(24)27)30(29-18)20-12-14-21(32-2)15-13-20/h3-15H,16-17H2,1-2H3,(H,28,31). The Labute approximate surface area is 191 Å². The van der Waals surface area contributed by atoms with Gasteiger partial charge in [-0.3, -0.25) is 4.79 Å². The van der Waals surface area contributed by atoms with Crippen molar-refractivity contribution in [2.24, 2.45) is 0 Å². The summed E-state index contributed by atoms with van der Waals surface area (Å²) in [7, 11) is 1.60. The molecule has 168 valence electrons. The lowest BCUT2D eigenvalue weighted by Gasteiger charge is -2.12. The molecule has 6 nitrogen and oxygen atoms in total. The number of para-hydroxylation sites is 2.